The van der Waals surface area contributed by atoms with Gasteiger partial charge in [0.25, 0.3) is 0 Å². The predicted molar refractivity (Wildman–Crippen MR) is 85.0 cm³/mol. The SMILES string of the molecule is N#Cc1ccc(OCCCCCOc2ccnc(C#N)c2)cc1. The summed E-state index contributed by atoms with van der Waals surface area (Å²) in [4.78, 5) is 3.89. The summed E-state index contributed by atoms with van der Waals surface area (Å²) in [7, 11) is 0. The van der Waals surface area contributed by atoms with Crippen LogP contribution in [0.3, 0.4) is 0 Å². The third kappa shape index (κ3) is 5.68. The molecule has 0 aliphatic carbocycles. The van der Waals surface area contributed by atoms with Gasteiger partial charge in [0.15, 0.2) is 0 Å². The van der Waals surface area contributed by atoms with Gasteiger partial charge in [-0.15, -0.1) is 0 Å². The summed E-state index contributed by atoms with van der Waals surface area (Å²) in [5, 5.41) is 17.5. The lowest BCUT2D eigenvalue weighted by Crippen LogP contribution is -2.01. The molecule has 116 valence electrons. The van der Waals surface area contributed by atoms with Crippen LogP contribution in [0.4, 0.5) is 0 Å². The molecule has 0 saturated carbocycles. The largest absolute Gasteiger partial charge is 0.494 e. The van der Waals surface area contributed by atoms with E-state index in [9.17, 15) is 0 Å². The van der Waals surface area contributed by atoms with Crippen molar-refractivity contribution in [1.29, 1.82) is 10.5 Å². The lowest BCUT2D eigenvalue weighted by Gasteiger charge is -2.07. The maximum absolute atomic E-state index is 8.76. The molecular weight excluding hydrogens is 290 g/mol. The van der Waals surface area contributed by atoms with Gasteiger partial charge in [-0.25, -0.2) is 4.98 Å². The molecule has 2 rings (SSSR count). The van der Waals surface area contributed by atoms with Crippen molar-refractivity contribution in [2.24, 2.45) is 0 Å². The average molecular weight is 307 g/mol. The normalized spacial score (nSPS) is 9.65. The lowest BCUT2D eigenvalue weighted by molar-refractivity contribution is 0.279. The molecule has 2 aromatic rings. The number of nitrogens with zero attached hydrogens (tertiary/aromatic N) is 3. The van der Waals surface area contributed by atoms with E-state index < -0.39 is 0 Å². The number of pyridine rings is 1. The van der Waals surface area contributed by atoms with E-state index >= 15 is 0 Å². The van der Waals surface area contributed by atoms with Crippen LogP contribution in [0.2, 0.25) is 0 Å². The molecule has 0 unspecified atom stereocenters. The van der Waals surface area contributed by atoms with Gasteiger partial charge in [0.2, 0.25) is 0 Å². The van der Waals surface area contributed by atoms with Crippen LogP contribution in [-0.4, -0.2) is 18.2 Å². The first-order valence-corrected chi connectivity index (χ1v) is 7.44. The molecule has 0 N–H and O–H groups in total. The van der Waals surface area contributed by atoms with Gasteiger partial charge in [0.1, 0.15) is 23.3 Å². The van der Waals surface area contributed by atoms with E-state index in [1.165, 1.54) is 0 Å². The zero-order valence-electron chi connectivity index (χ0n) is 12.7. The Morgan fingerprint density at radius 2 is 1.52 bits per heavy atom. The van der Waals surface area contributed by atoms with E-state index in [-0.39, 0.29) is 0 Å². The molecule has 5 heteroatoms. The molecule has 0 saturated heterocycles. The van der Waals surface area contributed by atoms with E-state index in [1.807, 2.05) is 6.07 Å². The molecule has 1 aromatic heterocycles. The third-order valence-electron chi connectivity index (χ3n) is 3.16. The van der Waals surface area contributed by atoms with Crippen LogP contribution in [-0.2, 0) is 0 Å². The van der Waals surface area contributed by atoms with Crippen molar-refractivity contribution in [2.75, 3.05) is 13.2 Å². The Morgan fingerprint density at radius 1 is 0.826 bits per heavy atom. The van der Waals surface area contributed by atoms with Crippen molar-refractivity contribution in [3.63, 3.8) is 0 Å². The molecule has 0 bridgehead atoms. The molecule has 0 fully saturated rings. The van der Waals surface area contributed by atoms with Gasteiger partial charge >= 0.3 is 0 Å². The highest BCUT2D eigenvalue weighted by atomic mass is 16.5. The minimum Gasteiger partial charge on any atom is -0.494 e. The van der Waals surface area contributed by atoms with Gasteiger partial charge in [0, 0.05) is 12.3 Å². The summed E-state index contributed by atoms with van der Waals surface area (Å²) in [6.07, 6.45) is 4.41. The van der Waals surface area contributed by atoms with Crippen LogP contribution < -0.4 is 9.47 Å². The van der Waals surface area contributed by atoms with Crippen LogP contribution in [0, 0.1) is 22.7 Å². The monoisotopic (exact) mass is 307 g/mol. The fourth-order valence-electron chi connectivity index (χ4n) is 1.95. The lowest BCUT2D eigenvalue weighted by atomic mass is 10.2. The van der Waals surface area contributed by atoms with Crippen LogP contribution in [0.1, 0.15) is 30.5 Å². The van der Waals surface area contributed by atoms with Crippen molar-refractivity contribution in [3.8, 4) is 23.6 Å². The van der Waals surface area contributed by atoms with Gasteiger partial charge in [-0.2, -0.15) is 10.5 Å². The first-order valence-electron chi connectivity index (χ1n) is 7.44. The van der Waals surface area contributed by atoms with Crippen molar-refractivity contribution >= 4 is 0 Å². The second kappa shape index (κ2) is 9.07. The Kier molecular flexibility index (Phi) is 6.43. The molecule has 0 radical (unpaired) electrons. The molecular formula is C18H17N3O2. The fourth-order valence-corrected chi connectivity index (χ4v) is 1.95. The highest BCUT2D eigenvalue weighted by Crippen LogP contribution is 2.13. The highest BCUT2D eigenvalue weighted by Gasteiger charge is 1.98. The number of rotatable bonds is 8. The van der Waals surface area contributed by atoms with E-state index in [2.05, 4.69) is 11.1 Å². The fraction of sp³-hybridized carbons (Fsp3) is 0.278. The quantitative estimate of drug-likeness (QED) is 0.698. The van der Waals surface area contributed by atoms with Gasteiger partial charge < -0.3 is 9.47 Å². The molecule has 1 aromatic carbocycles. The van der Waals surface area contributed by atoms with Gasteiger partial charge in [-0.05, 0) is 49.6 Å². The predicted octanol–water partition coefficient (Wildman–Crippen LogP) is 3.45. The van der Waals surface area contributed by atoms with E-state index in [0.29, 0.717) is 30.2 Å². The third-order valence-corrected chi connectivity index (χ3v) is 3.16. The van der Waals surface area contributed by atoms with Crippen LogP contribution in [0.15, 0.2) is 42.6 Å². The van der Waals surface area contributed by atoms with Gasteiger partial charge in [-0.3, -0.25) is 0 Å². The summed E-state index contributed by atoms with van der Waals surface area (Å²) in [5.74, 6) is 1.45. The molecule has 0 aliphatic heterocycles. The van der Waals surface area contributed by atoms with E-state index in [1.54, 1.807) is 42.6 Å². The molecule has 0 aliphatic rings. The first-order chi connectivity index (χ1) is 11.3. The maximum Gasteiger partial charge on any atom is 0.144 e. The summed E-state index contributed by atoms with van der Waals surface area (Å²) < 4.78 is 11.2. The summed E-state index contributed by atoms with van der Waals surface area (Å²) in [5.41, 5.74) is 0.989. The molecule has 1 heterocycles. The number of hydrogen-bond donors (Lipinski definition) is 0. The second-order valence-electron chi connectivity index (χ2n) is 4.88. The highest BCUT2D eigenvalue weighted by molar-refractivity contribution is 5.34. The number of ether oxygens (including phenoxy) is 2. The number of unbranched alkanes of at least 4 members (excludes halogenated alkanes) is 2. The van der Waals surface area contributed by atoms with E-state index in [0.717, 1.165) is 25.0 Å². The Morgan fingerprint density at radius 3 is 2.17 bits per heavy atom. The van der Waals surface area contributed by atoms with E-state index in [4.69, 9.17) is 20.0 Å². The zero-order valence-corrected chi connectivity index (χ0v) is 12.7. The molecule has 0 spiro atoms. The first kappa shape index (κ1) is 16.3. The summed E-state index contributed by atoms with van der Waals surface area (Å²) in [6, 6.07) is 14.5. The Labute approximate surface area is 135 Å². The molecule has 0 amide bonds. The Balaban J connectivity index is 1.57. The minimum atomic E-state index is 0.360. The van der Waals surface area contributed by atoms with Crippen LogP contribution >= 0.6 is 0 Å². The Hall–Kier alpha value is -3.05. The standard InChI is InChI=1S/C18H17N3O2/c19-13-15-4-6-17(7-5-15)22-10-2-1-3-11-23-18-8-9-21-16(12-18)14-20/h4-9,12H,1-3,10-11H2. The average Bonchev–Trinajstić information content (AvgIpc) is 2.61. The molecule has 5 nitrogen and oxygen atoms in total. The number of hydrogen-bond acceptors (Lipinski definition) is 5. The Bertz CT molecular complexity index is 699. The van der Waals surface area contributed by atoms with Crippen molar-refractivity contribution in [2.45, 2.75) is 19.3 Å². The number of nitriles is 2. The summed E-state index contributed by atoms with van der Waals surface area (Å²) >= 11 is 0. The van der Waals surface area contributed by atoms with Crippen LogP contribution in [0.25, 0.3) is 0 Å². The minimum absolute atomic E-state index is 0.360. The van der Waals surface area contributed by atoms with Crippen molar-refractivity contribution < 1.29 is 9.47 Å². The topological polar surface area (TPSA) is 78.9 Å². The molecule has 23 heavy (non-hydrogen) atoms. The van der Waals surface area contributed by atoms with Gasteiger partial charge in [0.05, 0.1) is 24.8 Å². The van der Waals surface area contributed by atoms with Crippen LogP contribution in [0.5, 0.6) is 11.5 Å². The number of benzene rings is 1. The van der Waals surface area contributed by atoms with Crippen molar-refractivity contribution in [1.82, 2.24) is 4.98 Å². The van der Waals surface area contributed by atoms with Gasteiger partial charge in [-0.1, -0.05) is 0 Å². The zero-order chi connectivity index (χ0) is 16.3. The number of aromatic nitrogens is 1. The maximum atomic E-state index is 8.76. The second-order valence-corrected chi connectivity index (χ2v) is 4.88. The molecule has 0 atom stereocenters. The smallest absolute Gasteiger partial charge is 0.144 e. The summed E-state index contributed by atoms with van der Waals surface area (Å²) in [6.45, 7) is 1.24. The van der Waals surface area contributed by atoms with Crippen molar-refractivity contribution in [3.05, 3.63) is 53.9 Å².